The van der Waals surface area contributed by atoms with Crippen molar-refractivity contribution in [3.05, 3.63) is 218 Å². The van der Waals surface area contributed by atoms with Crippen LogP contribution < -0.4 is 0 Å². The number of hydrogen-bond acceptors (Lipinski definition) is 0. The van der Waals surface area contributed by atoms with Gasteiger partial charge in [0, 0.05) is 32.9 Å². The third-order valence-corrected chi connectivity index (χ3v) is 12.4. The number of aromatic nitrogens is 2. The van der Waals surface area contributed by atoms with Crippen molar-refractivity contribution < 1.29 is 4.39 Å². The van der Waals surface area contributed by atoms with E-state index in [9.17, 15) is 4.39 Å². The van der Waals surface area contributed by atoms with E-state index in [1.165, 1.54) is 87.5 Å². The number of alkyl halides is 1. The average molecular weight is 769 g/mol. The summed E-state index contributed by atoms with van der Waals surface area (Å²) in [6.45, 7) is -0.466. The second-order valence-electron chi connectivity index (χ2n) is 15.7. The number of nitrogens with zero attached hydrogens (tertiary/aromatic N) is 2. The summed E-state index contributed by atoms with van der Waals surface area (Å²) in [6, 6.07) is 76.3. The van der Waals surface area contributed by atoms with Crippen molar-refractivity contribution in [3.8, 4) is 44.8 Å². The molecule has 0 bridgehead atoms. The zero-order valence-corrected chi connectivity index (χ0v) is 32.7. The van der Waals surface area contributed by atoms with Gasteiger partial charge in [-0.1, -0.05) is 152 Å². The highest BCUT2D eigenvalue weighted by Crippen LogP contribution is 2.44. The van der Waals surface area contributed by atoms with E-state index in [1.54, 1.807) is 0 Å². The fourth-order valence-electron chi connectivity index (χ4n) is 9.73. The molecule has 0 aliphatic carbocycles. The van der Waals surface area contributed by atoms with Crippen LogP contribution >= 0.6 is 0 Å². The monoisotopic (exact) mass is 768 g/mol. The molecule has 0 saturated heterocycles. The predicted molar refractivity (Wildman–Crippen MR) is 251 cm³/mol. The zero-order valence-electron chi connectivity index (χ0n) is 32.7. The molecule has 2 aromatic heterocycles. The smallest absolute Gasteiger partial charge is 0.115 e. The molecule has 0 amide bonds. The number of halogens is 1. The minimum Gasteiger partial charge on any atom is -0.309 e. The van der Waals surface area contributed by atoms with Crippen LogP contribution in [0, 0.1) is 0 Å². The van der Waals surface area contributed by atoms with Gasteiger partial charge < -0.3 is 9.13 Å². The molecule has 10 aromatic carbocycles. The molecule has 0 radical (unpaired) electrons. The fourth-order valence-corrected chi connectivity index (χ4v) is 9.73. The van der Waals surface area contributed by atoms with Crippen molar-refractivity contribution in [3.63, 3.8) is 0 Å². The highest BCUT2D eigenvalue weighted by atomic mass is 19.1. The summed E-state index contributed by atoms with van der Waals surface area (Å²) in [7, 11) is 0. The van der Waals surface area contributed by atoms with E-state index in [1.807, 2.05) is 24.3 Å². The minimum atomic E-state index is -0.466. The van der Waals surface area contributed by atoms with Crippen LogP contribution in [0.3, 0.4) is 0 Å². The molecule has 12 aromatic rings. The molecule has 0 N–H and O–H groups in total. The maximum Gasteiger partial charge on any atom is 0.115 e. The molecule has 12 rings (SSSR count). The molecule has 0 atom stereocenters. The Morgan fingerprint density at radius 1 is 0.283 bits per heavy atom. The van der Waals surface area contributed by atoms with Crippen molar-refractivity contribution >= 4 is 65.2 Å². The first-order valence-electron chi connectivity index (χ1n) is 20.6. The molecule has 2 heterocycles. The molecule has 3 heteroatoms. The molecule has 0 saturated carbocycles. The first kappa shape index (κ1) is 34.3. The average Bonchev–Trinajstić information content (AvgIpc) is 3.83. The van der Waals surface area contributed by atoms with Crippen molar-refractivity contribution in [1.82, 2.24) is 9.13 Å². The van der Waals surface area contributed by atoms with Gasteiger partial charge in [0.15, 0.2) is 0 Å². The largest absolute Gasteiger partial charge is 0.309 e. The molecule has 282 valence electrons. The molecule has 0 unspecified atom stereocenters. The lowest BCUT2D eigenvalue weighted by molar-refractivity contribution is 0.485. The van der Waals surface area contributed by atoms with Crippen LogP contribution in [0.1, 0.15) is 5.56 Å². The number of para-hydroxylation sites is 2. The van der Waals surface area contributed by atoms with Crippen LogP contribution in [0.25, 0.3) is 110 Å². The Morgan fingerprint density at radius 2 is 0.633 bits per heavy atom. The lowest BCUT2D eigenvalue weighted by atomic mass is 9.86. The van der Waals surface area contributed by atoms with Crippen molar-refractivity contribution in [2.75, 3.05) is 0 Å². The van der Waals surface area contributed by atoms with Gasteiger partial charge >= 0.3 is 0 Å². The van der Waals surface area contributed by atoms with E-state index in [2.05, 4.69) is 197 Å². The Morgan fingerprint density at radius 3 is 1.08 bits per heavy atom. The van der Waals surface area contributed by atoms with Gasteiger partial charge in [0.05, 0.1) is 22.1 Å². The standard InChI is InChI=1S/C57H37FN2/c58-36-37-22-28-42(29-23-37)59-52-20-10-8-14-44(52)50-34-40(26-32-54(50)59)41-27-33-55-51(35-41)45-15-9-11-21-53(45)60(55)43-30-24-39(25-31-43)57-48-18-6-4-16-46(48)56(38-12-2-1-3-13-38)47-17-5-7-19-49(47)57/h1-35H,36H2. The van der Waals surface area contributed by atoms with E-state index in [0.717, 1.165) is 22.4 Å². The van der Waals surface area contributed by atoms with E-state index < -0.39 is 6.67 Å². The summed E-state index contributed by atoms with van der Waals surface area (Å²) in [5.74, 6) is 0. The van der Waals surface area contributed by atoms with E-state index in [-0.39, 0.29) is 0 Å². The first-order chi connectivity index (χ1) is 29.7. The van der Waals surface area contributed by atoms with Gasteiger partial charge in [0.2, 0.25) is 0 Å². The van der Waals surface area contributed by atoms with Crippen LogP contribution in [-0.2, 0) is 6.67 Å². The summed E-state index contributed by atoms with van der Waals surface area (Å²) in [5, 5.41) is 9.85. The van der Waals surface area contributed by atoms with E-state index in [0.29, 0.717) is 5.56 Å². The SMILES string of the molecule is FCc1ccc(-n2c3ccccc3c3cc(-c4ccc5c(c4)c4ccccc4n5-c4ccc(-c5c6ccccc6c(-c6ccccc6)c6ccccc56)cc4)ccc32)cc1. The third-order valence-electron chi connectivity index (χ3n) is 12.4. The van der Waals surface area contributed by atoms with Crippen LogP contribution in [0.15, 0.2) is 212 Å². The molecule has 0 aliphatic heterocycles. The predicted octanol–water partition coefficient (Wildman–Crippen LogP) is 15.7. The summed E-state index contributed by atoms with van der Waals surface area (Å²) in [4.78, 5) is 0. The Kier molecular flexibility index (Phi) is 7.82. The Bertz CT molecular complexity index is 3560. The molecular formula is C57H37FN2. The molecular weight excluding hydrogens is 732 g/mol. The summed E-state index contributed by atoms with van der Waals surface area (Å²) in [5.41, 5.74) is 14.7. The van der Waals surface area contributed by atoms with Crippen molar-refractivity contribution in [2.45, 2.75) is 6.67 Å². The first-order valence-corrected chi connectivity index (χ1v) is 20.6. The Labute approximate surface area is 346 Å². The van der Waals surface area contributed by atoms with Gasteiger partial charge in [-0.3, -0.25) is 0 Å². The molecule has 2 nitrogen and oxygen atoms in total. The maximum absolute atomic E-state index is 13.4. The second-order valence-corrected chi connectivity index (χ2v) is 15.7. The Balaban J connectivity index is 0.980. The zero-order chi connectivity index (χ0) is 39.7. The maximum atomic E-state index is 13.4. The van der Waals surface area contributed by atoms with Gasteiger partial charge in [-0.2, -0.15) is 0 Å². The summed E-state index contributed by atoms with van der Waals surface area (Å²) in [6.07, 6.45) is 0. The number of fused-ring (bicyclic) bond motifs is 8. The highest BCUT2D eigenvalue weighted by molar-refractivity contribution is 6.21. The molecule has 0 fully saturated rings. The van der Waals surface area contributed by atoms with E-state index >= 15 is 0 Å². The number of benzene rings is 10. The minimum absolute atomic E-state index is 0.466. The van der Waals surface area contributed by atoms with Crippen LogP contribution in [0.2, 0.25) is 0 Å². The van der Waals surface area contributed by atoms with E-state index in [4.69, 9.17) is 0 Å². The van der Waals surface area contributed by atoms with Gasteiger partial charge in [-0.25, -0.2) is 4.39 Å². The molecule has 60 heavy (non-hydrogen) atoms. The van der Waals surface area contributed by atoms with Crippen molar-refractivity contribution in [1.29, 1.82) is 0 Å². The highest BCUT2D eigenvalue weighted by Gasteiger charge is 2.19. The number of rotatable bonds is 6. The summed E-state index contributed by atoms with van der Waals surface area (Å²) < 4.78 is 18.1. The topological polar surface area (TPSA) is 9.86 Å². The lowest BCUT2D eigenvalue weighted by Crippen LogP contribution is -1.95. The van der Waals surface area contributed by atoms with Gasteiger partial charge in [-0.15, -0.1) is 0 Å². The number of hydrogen-bond donors (Lipinski definition) is 0. The van der Waals surface area contributed by atoms with Gasteiger partial charge in [-0.05, 0) is 121 Å². The summed E-state index contributed by atoms with van der Waals surface area (Å²) >= 11 is 0. The normalized spacial score (nSPS) is 11.8. The fraction of sp³-hybridized carbons (Fsp3) is 0.0175. The third kappa shape index (κ3) is 5.26. The van der Waals surface area contributed by atoms with Gasteiger partial charge in [0.1, 0.15) is 6.67 Å². The molecule has 0 spiro atoms. The van der Waals surface area contributed by atoms with Crippen LogP contribution in [-0.4, -0.2) is 9.13 Å². The Hall–Kier alpha value is -7.75. The van der Waals surface area contributed by atoms with Crippen molar-refractivity contribution in [2.24, 2.45) is 0 Å². The van der Waals surface area contributed by atoms with Crippen LogP contribution in [0.4, 0.5) is 4.39 Å². The van der Waals surface area contributed by atoms with Gasteiger partial charge in [0.25, 0.3) is 0 Å². The van der Waals surface area contributed by atoms with Crippen LogP contribution in [0.5, 0.6) is 0 Å². The molecule has 0 aliphatic rings. The lowest BCUT2D eigenvalue weighted by Gasteiger charge is -2.18. The quantitative estimate of drug-likeness (QED) is 0.149. The second kappa shape index (κ2) is 13.7.